The molecule has 1 aliphatic rings. The van der Waals surface area contributed by atoms with Crippen molar-refractivity contribution < 1.29 is 5.11 Å². The lowest BCUT2D eigenvalue weighted by Crippen LogP contribution is -2.33. The van der Waals surface area contributed by atoms with Crippen molar-refractivity contribution in [3.05, 3.63) is 41.9 Å². The van der Waals surface area contributed by atoms with E-state index >= 15 is 0 Å². The largest absolute Gasteiger partial charge is 0.392 e. The van der Waals surface area contributed by atoms with Gasteiger partial charge in [-0.3, -0.25) is 0 Å². The molecule has 1 fully saturated rings. The second-order valence-corrected chi connectivity index (χ2v) is 6.53. The number of hydrogen-bond acceptors (Lipinski definition) is 4. The van der Waals surface area contributed by atoms with Crippen LogP contribution < -0.4 is 5.32 Å². The number of nitrogens with one attached hydrogen (secondary N) is 1. The van der Waals surface area contributed by atoms with E-state index in [-0.39, 0.29) is 12.1 Å². The van der Waals surface area contributed by atoms with Crippen LogP contribution in [0.25, 0.3) is 5.82 Å². The summed E-state index contributed by atoms with van der Waals surface area (Å²) in [6, 6.07) is 5.97. The summed E-state index contributed by atoms with van der Waals surface area (Å²) in [4.78, 5) is 4.35. The maximum absolute atomic E-state index is 10.3. The molecule has 23 heavy (non-hydrogen) atoms. The third-order valence-corrected chi connectivity index (χ3v) is 4.96. The van der Waals surface area contributed by atoms with Gasteiger partial charge < -0.3 is 10.4 Å². The summed E-state index contributed by atoms with van der Waals surface area (Å²) in [6.07, 6.45) is 8.26. The van der Waals surface area contributed by atoms with Crippen molar-refractivity contribution in [1.82, 2.24) is 20.1 Å². The summed E-state index contributed by atoms with van der Waals surface area (Å²) >= 11 is 0. The van der Waals surface area contributed by atoms with Crippen molar-refractivity contribution in [2.75, 3.05) is 6.54 Å². The molecular formula is C18H26N4O. The number of nitrogens with zero attached hydrogens (tertiary/aromatic N) is 3. The highest BCUT2D eigenvalue weighted by molar-refractivity contribution is 5.29. The molecule has 0 aromatic carbocycles. The fourth-order valence-corrected chi connectivity index (χ4v) is 3.47. The SMILES string of the molecule is Cc1c(C(C)NCC(O)C2CCCC2)cnn1-c1ccccn1. The Bertz CT molecular complexity index is 619. The van der Waals surface area contributed by atoms with Crippen molar-refractivity contribution >= 4 is 0 Å². The molecule has 1 saturated carbocycles. The molecule has 0 saturated heterocycles. The first-order chi connectivity index (χ1) is 11.2. The van der Waals surface area contributed by atoms with E-state index in [0.29, 0.717) is 12.5 Å². The molecule has 0 amide bonds. The molecule has 2 heterocycles. The lowest BCUT2D eigenvalue weighted by atomic mass is 10.0. The highest BCUT2D eigenvalue weighted by Crippen LogP contribution is 2.28. The highest BCUT2D eigenvalue weighted by atomic mass is 16.3. The fourth-order valence-electron chi connectivity index (χ4n) is 3.47. The van der Waals surface area contributed by atoms with Gasteiger partial charge in [0.2, 0.25) is 0 Å². The average Bonchev–Trinajstić information content (AvgIpc) is 3.23. The van der Waals surface area contributed by atoms with E-state index in [0.717, 1.165) is 29.9 Å². The number of pyridine rings is 1. The van der Waals surface area contributed by atoms with E-state index in [4.69, 9.17) is 0 Å². The average molecular weight is 314 g/mol. The van der Waals surface area contributed by atoms with Gasteiger partial charge in [-0.25, -0.2) is 9.67 Å². The Morgan fingerprint density at radius 1 is 1.35 bits per heavy atom. The van der Waals surface area contributed by atoms with Crippen LogP contribution in [0.4, 0.5) is 0 Å². The van der Waals surface area contributed by atoms with Gasteiger partial charge >= 0.3 is 0 Å². The Balaban J connectivity index is 1.63. The molecule has 2 unspecified atom stereocenters. The number of aromatic nitrogens is 3. The molecule has 2 N–H and O–H groups in total. The van der Waals surface area contributed by atoms with Crippen molar-refractivity contribution in [2.24, 2.45) is 5.92 Å². The molecule has 1 aliphatic carbocycles. The Labute approximate surface area is 137 Å². The van der Waals surface area contributed by atoms with E-state index in [1.807, 2.05) is 29.1 Å². The zero-order valence-electron chi connectivity index (χ0n) is 13.9. The van der Waals surface area contributed by atoms with Gasteiger partial charge in [0.05, 0.1) is 12.3 Å². The molecule has 0 spiro atoms. The van der Waals surface area contributed by atoms with Gasteiger partial charge in [0.15, 0.2) is 5.82 Å². The third kappa shape index (κ3) is 3.62. The maximum Gasteiger partial charge on any atom is 0.153 e. The molecule has 5 nitrogen and oxygen atoms in total. The van der Waals surface area contributed by atoms with E-state index in [1.54, 1.807) is 6.20 Å². The summed E-state index contributed by atoms with van der Waals surface area (Å²) in [5, 5.41) is 18.2. The minimum Gasteiger partial charge on any atom is -0.392 e. The molecular weight excluding hydrogens is 288 g/mol. The molecule has 5 heteroatoms. The monoisotopic (exact) mass is 314 g/mol. The Hall–Kier alpha value is -1.72. The van der Waals surface area contributed by atoms with Gasteiger partial charge in [-0.05, 0) is 44.7 Å². The lowest BCUT2D eigenvalue weighted by molar-refractivity contribution is 0.106. The molecule has 0 bridgehead atoms. The number of aliphatic hydroxyl groups is 1. The molecule has 2 atom stereocenters. The standard InChI is InChI=1S/C18H26N4O/c1-13(20-12-17(23)15-7-3-4-8-15)16-11-21-22(14(16)2)18-9-5-6-10-19-18/h5-6,9-11,13,15,17,20,23H,3-4,7-8,12H2,1-2H3. The van der Waals surface area contributed by atoms with Crippen LogP contribution in [0.15, 0.2) is 30.6 Å². The van der Waals surface area contributed by atoms with Gasteiger partial charge in [-0.2, -0.15) is 5.10 Å². The normalized spacial score (nSPS) is 18.2. The minimum absolute atomic E-state index is 0.156. The minimum atomic E-state index is -0.244. The molecule has 3 rings (SSSR count). The molecule has 0 aliphatic heterocycles. The van der Waals surface area contributed by atoms with Crippen molar-refractivity contribution in [3.8, 4) is 5.82 Å². The molecule has 124 valence electrons. The van der Waals surface area contributed by atoms with Crippen LogP contribution in [0.3, 0.4) is 0 Å². The lowest BCUT2D eigenvalue weighted by Gasteiger charge is -2.21. The Morgan fingerprint density at radius 2 is 2.13 bits per heavy atom. The number of rotatable bonds is 6. The second kappa shape index (κ2) is 7.23. The smallest absolute Gasteiger partial charge is 0.153 e. The summed E-state index contributed by atoms with van der Waals surface area (Å²) in [5.74, 6) is 1.29. The Morgan fingerprint density at radius 3 is 2.83 bits per heavy atom. The van der Waals surface area contributed by atoms with Crippen LogP contribution in [0.2, 0.25) is 0 Å². The zero-order valence-corrected chi connectivity index (χ0v) is 13.9. The highest BCUT2D eigenvalue weighted by Gasteiger charge is 2.24. The van der Waals surface area contributed by atoms with Crippen LogP contribution in [0, 0.1) is 12.8 Å². The quantitative estimate of drug-likeness (QED) is 0.860. The topological polar surface area (TPSA) is 63.0 Å². The first-order valence-electron chi connectivity index (χ1n) is 8.54. The zero-order chi connectivity index (χ0) is 16.2. The fraction of sp³-hybridized carbons (Fsp3) is 0.556. The van der Waals surface area contributed by atoms with Crippen molar-refractivity contribution in [2.45, 2.75) is 51.7 Å². The first-order valence-corrected chi connectivity index (χ1v) is 8.54. The van der Waals surface area contributed by atoms with E-state index in [1.165, 1.54) is 12.8 Å². The predicted octanol–water partition coefficient (Wildman–Crippen LogP) is 2.78. The van der Waals surface area contributed by atoms with Crippen molar-refractivity contribution in [1.29, 1.82) is 0 Å². The summed E-state index contributed by atoms with van der Waals surface area (Å²) in [6.45, 7) is 4.82. The summed E-state index contributed by atoms with van der Waals surface area (Å²) in [5.41, 5.74) is 2.23. The number of aliphatic hydroxyl groups excluding tert-OH is 1. The third-order valence-electron chi connectivity index (χ3n) is 4.96. The molecule has 2 aromatic rings. The maximum atomic E-state index is 10.3. The van der Waals surface area contributed by atoms with E-state index in [9.17, 15) is 5.11 Å². The van der Waals surface area contributed by atoms with E-state index in [2.05, 4.69) is 29.2 Å². The van der Waals surface area contributed by atoms with Gasteiger partial charge in [0, 0.05) is 30.0 Å². The van der Waals surface area contributed by atoms with Crippen LogP contribution in [0.5, 0.6) is 0 Å². The summed E-state index contributed by atoms with van der Waals surface area (Å²) < 4.78 is 1.86. The van der Waals surface area contributed by atoms with Gasteiger partial charge in [0.1, 0.15) is 0 Å². The second-order valence-electron chi connectivity index (χ2n) is 6.53. The van der Waals surface area contributed by atoms with Crippen LogP contribution in [-0.4, -0.2) is 32.5 Å². The van der Waals surface area contributed by atoms with Gasteiger partial charge in [-0.15, -0.1) is 0 Å². The van der Waals surface area contributed by atoms with Crippen LogP contribution >= 0.6 is 0 Å². The van der Waals surface area contributed by atoms with E-state index < -0.39 is 0 Å². The predicted molar refractivity (Wildman–Crippen MR) is 90.5 cm³/mol. The van der Waals surface area contributed by atoms with Gasteiger partial charge in [-0.1, -0.05) is 18.9 Å². The Kier molecular flexibility index (Phi) is 5.08. The number of hydrogen-bond donors (Lipinski definition) is 2. The van der Waals surface area contributed by atoms with Crippen molar-refractivity contribution in [3.63, 3.8) is 0 Å². The molecule has 2 aromatic heterocycles. The molecule has 0 radical (unpaired) electrons. The summed E-state index contributed by atoms with van der Waals surface area (Å²) in [7, 11) is 0. The van der Waals surface area contributed by atoms with Gasteiger partial charge in [0.25, 0.3) is 0 Å². The van der Waals surface area contributed by atoms with Crippen LogP contribution in [0.1, 0.15) is 49.9 Å². The van der Waals surface area contributed by atoms with Crippen LogP contribution in [-0.2, 0) is 0 Å². The first kappa shape index (κ1) is 16.1.